The quantitative estimate of drug-likeness (QED) is 0.274. The number of esters is 1. The minimum absolute atomic E-state index is 0. The number of nitrogens with one attached hydrogen (secondary N) is 1. The molecule has 21 heavy (non-hydrogen) atoms. The Morgan fingerprint density at radius 3 is 1.71 bits per heavy atom. The van der Waals surface area contributed by atoms with E-state index in [0.717, 1.165) is 32.4 Å². The Morgan fingerprint density at radius 1 is 1.05 bits per heavy atom. The van der Waals surface area contributed by atoms with Crippen LogP contribution in [0.2, 0.25) is 0 Å². The van der Waals surface area contributed by atoms with Gasteiger partial charge in [0.2, 0.25) is 0 Å². The Kier molecular flexibility index (Phi) is 33.0. The molecule has 3 N–H and O–H groups in total. The van der Waals surface area contributed by atoms with E-state index < -0.39 is 10.4 Å². The molecule has 7 nitrogen and oxygen atoms in total. The van der Waals surface area contributed by atoms with Gasteiger partial charge in [0.1, 0.15) is 0 Å². The third-order valence-electron chi connectivity index (χ3n) is 1.79. The molecule has 0 aromatic carbocycles. The first-order valence-electron chi connectivity index (χ1n) is 6.78. The van der Waals surface area contributed by atoms with Crippen LogP contribution in [0.3, 0.4) is 0 Å². The summed E-state index contributed by atoms with van der Waals surface area (Å²) in [5, 5.41) is 3.11. The summed E-state index contributed by atoms with van der Waals surface area (Å²) >= 11 is 0. The predicted molar refractivity (Wildman–Crippen MR) is 86.3 cm³/mol. The van der Waals surface area contributed by atoms with Crippen molar-refractivity contribution in [1.82, 2.24) is 5.32 Å². The first-order chi connectivity index (χ1) is 9.22. The van der Waals surface area contributed by atoms with Crippen LogP contribution in [0.4, 0.5) is 0 Å². The summed E-state index contributed by atoms with van der Waals surface area (Å²) in [6.07, 6.45) is 3.83. The molecule has 0 aliphatic carbocycles. The van der Waals surface area contributed by atoms with Crippen molar-refractivity contribution in [3.05, 3.63) is 0 Å². The van der Waals surface area contributed by atoms with Crippen LogP contribution in [0.5, 0.6) is 0 Å². The number of hydrogen-bond donors (Lipinski definition) is 3. The van der Waals surface area contributed by atoms with Crippen molar-refractivity contribution in [2.45, 2.75) is 53.4 Å². The molecule has 0 fully saturated rings. The molecule has 0 bridgehead atoms. The minimum atomic E-state index is -4.67. The van der Waals surface area contributed by atoms with Gasteiger partial charge in [-0.1, -0.05) is 33.6 Å². The van der Waals surface area contributed by atoms with Crippen LogP contribution in [0, 0.1) is 0 Å². The second-order valence-electron chi connectivity index (χ2n) is 3.67. The fourth-order valence-corrected chi connectivity index (χ4v) is 1.00. The van der Waals surface area contributed by atoms with Crippen molar-refractivity contribution >= 4 is 67.8 Å². The summed E-state index contributed by atoms with van der Waals surface area (Å²) in [7, 11) is -4.67. The summed E-state index contributed by atoms with van der Waals surface area (Å²) in [6, 6.07) is 0. The third kappa shape index (κ3) is 62.8. The number of rotatable bonds is 7. The number of ether oxygens (including phenoxy) is 1. The molecular weight excluding hydrogens is 325 g/mol. The number of unbranched alkanes of at least 4 members (excludes halogenated alkanes) is 2. The van der Waals surface area contributed by atoms with Crippen LogP contribution < -0.4 is 5.32 Å². The molecule has 0 aliphatic rings. The van der Waals surface area contributed by atoms with Gasteiger partial charge in [-0.3, -0.25) is 13.9 Å². The van der Waals surface area contributed by atoms with E-state index in [4.69, 9.17) is 22.3 Å². The maximum absolute atomic E-state index is 10.7. The average Bonchev–Trinajstić information content (AvgIpc) is 2.29. The van der Waals surface area contributed by atoms with Crippen molar-refractivity contribution in [2.75, 3.05) is 19.7 Å². The van der Waals surface area contributed by atoms with Gasteiger partial charge in [0.15, 0.2) is 0 Å². The van der Waals surface area contributed by atoms with E-state index in [1.807, 2.05) is 6.92 Å². The van der Waals surface area contributed by atoms with Gasteiger partial charge >= 0.3 is 67.8 Å². The fourth-order valence-electron chi connectivity index (χ4n) is 1.00. The van der Waals surface area contributed by atoms with Gasteiger partial charge in [0.25, 0.3) is 0 Å². The molecule has 0 aromatic heterocycles. The fraction of sp³-hybridized carbons (Fsp3) is 0.917. The van der Waals surface area contributed by atoms with Crippen molar-refractivity contribution in [3.63, 3.8) is 0 Å². The monoisotopic (exact) mass is 355 g/mol. The van der Waals surface area contributed by atoms with Gasteiger partial charge in [-0.2, -0.15) is 8.42 Å². The maximum atomic E-state index is 10.7. The summed E-state index contributed by atoms with van der Waals surface area (Å²) in [5.74, 6) is -0.0593. The molecule has 0 heterocycles. The van der Waals surface area contributed by atoms with Crippen LogP contribution >= 0.6 is 0 Å². The molecule has 0 aliphatic heterocycles. The van der Waals surface area contributed by atoms with Gasteiger partial charge < -0.3 is 10.1 Å². The molecule has 0 radical (unpaired) electrons. The molecule has 9 heteroatoms. The Hall–Kier alpha value is 0.936. The van der Waals surface area contributed by atoms with E-state index in [9.17, 15) is 4.79 Å². The molecule has 0 saturated carbocycles. The van der Waals surface area contributed by atoms with E-state index in [0.29, 0.717) is 13.0 Å². The third-order valence-corrected chi connectivity index (χ3v) is 1.79. The molecule has 0 unspecified atom stereocenters. The van der Waals surface area contributed by atoms with Crippen molar-refractivity contribution in [1.29, 1.82) is 0 Å². The van der Waals surface area contributed by atoms with E-state index in [1.165, 1.54) is 0 Å². The number of hydrogen-bond acceptors (Lipinski definition) is 5. The molecule has 126 valence electrons. The standard InChI is InChI=1S/C8H16O2.C4H11N.K.H2O4S.H/c1-3-5-6-7-8(9)10-4-2;1-3-5-4-2;;1-5(2,3)4;/h3-7H2,1-2H3;5H,3-4H2,1-2H3;;(H2,1,2,3,4);. The van der Waals surface area contributed by atoms with Crippen molar-refractivity contribution in [3.8, 4) is 0 Å². The predicted octanol–water partition coefficient (Wildman–Crippen LogP) is 1.44. The molecule has 0 aromatic rings. The Bertz CT molecular complexity index is 288. The van der Waals surface area contributed by atoms with Gasteiger partial charge in [-0.05, 0) is 26.4 Å². The summed E-state index contributed by atoms with van der Waals surface area (Å²) in [5.41, 5.74) is 0. The van der Waals surface area contributed by atoms with Gasteiger partial charge in [0.05, 0.1) is 6.61 Å². The average molecular weight is 356 g/mol. The molecule has 0 atom stereocenters. The number of carbonyl (C=O) groups excluding carboxylic acids is 1. The van der Waals surface area contributed by atoms with Crippen LogP contribution in [-0.4, -0.2) is 94.6 Å². The Morgan fingerprint density at radius 2 is 1.48 bits per heavy atom. The van der Waals surface area contributed by atoms with Crippen molar-refractivity contribution in [2.24, 2.45) is 0 Å². The second-order valence-corrected chi connectivity index (χ2v) is 4.56. The summed E-state index contributed by atoms with van der Waals surface area (Å²) in [4.78, 5) is 10.7. The van der Waals surface area contributed by atoms with Gasteiger partial charge in [-0.25, -0.2) is 0 Å². The van der Waals surface area contributed by atoms with Crippen molar-refractivity contribution < 1.29 is 27.1 Å². The molecule has 0 spiro atoms. The summed E-state index contributed by atoms with van der Waals surface area (Å²) < 4.78 is 36.3. The summed E-state index contributed by atoms with van der Waals surface area (Å²) in [6.45, 7) is 10.8. The number of carbonyl (C=O) groups is 1. The van der Waals surface area contributed by atoms with E-state index in [2.05, 4.69) is 26.1 Å². The molecular formula is C12H30KNO6S. The SMILES string of the molecule is CCCCCC(=O)OCC.CCNCC.O=S(=O)(O)O.[KH]. The topological polar surface area (TPSA) is 113 Å². The first-order valence-corrected chi connectivity index (χ1v) is 8.18. The molecule has 0 saturated heterocycles. The zero-order chi connectivity index (χ0) is 16.4. The van der Waals surface area contributed by atoms with E-state index in [-0.39, 0.29) is 57.4 Å². The zero-order valence-corrected chi connectivity index (χ0v) is 13.7. The second kappa shape index (κ2) is 23.2. The Labute approximate surface area is 171 Å². The Balaban J connectivity index is -0.000000112. The van der Waals surface area contributed by atoms with Crippen LogP contribution in [0.1, 0.15) is 53.4 Å². The van der Waals surface area contributed by atoms with Crippen LogP contribution in [-0.2, 0) is 19.9 Å². The van der Waals surface area contributed by atoms with Gasteiger partial charge in [0, 0.05) is 6.42 Å². The van der Waals surface area contributed by atoms with E-state index in [1.54, 1.807) is 0 Å². The van der Waals surface area contributed by atoms with E-state index >= 15 is 0 Å². The molecule has 0 amide bonds. The normalized spacial score (nSPS) is 9.24. The van der Waals surface area contributed by atoms with Gasteiger partial charge in [-0.15, -0.1) is 0 Å². The van der Waals surface area contributed by atoms with Crippen LogP contribution in [0.25, 0.3) is 0 Å². The van der Waals surface area contributed by atoms with Crippen LogP contribution in [0.15, 0.2) is 0 Å². The molecule has 0 rings (SSSR count). The zero-order valence-electron chi connectivity index (χ0n) is 12.9. The first kappa shape index (κ1) is 29.9.